The van der Waals surface area contributed by atoms with Crippen LogP contribution < -0.4 is 14.8 Å². The van der Waals surface area contributed by atoms with Gasteiger partial charge in [-0.25, -0.2) is 4.79 Å². The van der Waals surface area contributed by atoms with Crippen LogP contribution in [-0.2, 0) is 26.4 Å². The van der Waals surface area contributed by atoms with Gasteiger partial charge >= 0.3 is 6.03 Å². The molecule has 4 amide bonds. The zero-order valence-corrected chi connectivity index (χ0v) is 18.0. The average Bonchev–Trinajstić information content (AvgIpc) is 3.35. The van der Waals surface area contributed by atoms with E-state index in [9.17, 15) is 14.4 Å². The summed E-state index contributed by atoms with van der Waals surface area (Å²) in [4.78, 5) is 41.5. The molecule has 2 aromatic rings. The van der Waals surface area contributed by atoms with Gasteiger partial charge < -0.3 is 24.4 Å². The van der Waals surface area contributed by atoms with Crippen LogP contribution in [0.1, 0.15) is 18.1 Å². The zero-order valence-electron chi connectivity index (χ0n) is 18.0. The van der Waals surface area contributed by atoms with Gasteiger partial charge in [-0.3, -0.25) is 14.5 Å². The van der Waals surface area contributed by atoms with Crippen molar-refractivity contribution >= 4 is 17.8 Å². The first-order chi connectivity index (χ1) is 15.4. The van der Waals surface area contributed by atoms with Gasteiger partial charge in [-0.15, -0.1) is 0 Å². The SMILES string of the molecule is COCCN(Cc1ccccc1)C(=O)CN1C(=O)NC(C)(c2ccc3c(c2)OCO3)C1=O. The second-order valence-corrected chi connectivity index (χ2v) is 7.81. The molecule has 2 aliphatic heterocycles. The van der Waals surface area contributed by atoms with Crippen LogP contribution >= 0.6 is 0 Å². The van der Waals surface area contributed by atoms with E-state index in [0.717, 1.165) is 10.5 Å². The maximum absolute atomic E-state index is 13.2. The lowest BCUT2D eigenvalue weighted by Crippen LogP contribution is -2.45. The molecular formula is C23H25N3O6. The lowest BCUT2D eigenvalue weighted by atomic mass is 9.91. The number of ether oxygens (including phenoxy) is 3. The molecule has 2 aliphatic rings. The number of nitrogens with one attached hydrogen (secondary N) is 1. The first kappa shape index (κ1) is 21.6. The molecule has 1 fully saturated rings. The van der Waals surface area contributed by atoms with Gasteiger partial charge in [-0.2, -0.15) is 0 Å². The fourth-order valence-corrected chi connectivity index (χ4v) is 3.78. The van der Waals surface area contributed by atoms with E-state index < -0.39 is 17.5 Å². The Balaban J connectivity index is 1.50. The number of rotatable bonds is 8. The third kappa shape index (κ3) is 4.11. The molecule has 1 unspecified atom stereocenters. The van der Waals surface area contributed by atoms with E-state index in [1.54, 1.807) is 37.1 Å². The van der Waals surface area contributed by atoms with Gasteiger partial charge in [-0.1, -0.05) is 36.4 Å². The summed E-state index contributed by atoms with van der Waals surface area (Å²) >= 11 is 0. The van der Waals surface area contributed by atoms with Crippen LogP contribution in [0.25, 0.3) is 0 Å². The number of methoxy groups -OCH3 is 1. The maximum atomic E-state index is 13.2. The van der Waals surface area contributed by atoms with Crippen LogP contribution in [0.4, 0.5) is 4.79 Å². The number of imide groups is 1. The van der Waals surface area contributed by atoms with Gasteiger partial charge in [0.05, 0.1) is 6.61 Å². The van der Waals surface area contributed by atoms with E-state index in [0.29, 0.717) is 36.8 Å². The minimum atomic E-state index is -1.31. The molecule has 0 bridgehead atoms. The highest BCUT2D eigenvalue weighted by molar-refractivity contribution is 6.09. The monoisotopic (exact) mass is 439 g/mol. The van der Waals surface area contributed by atoms with E-state index >= 15 is 0 Å². The Morgan fingerprint density at radius 2 is 1.91 bits per heavy atom. The lowest BCUT2D eigenvalue weighted by Gasteiger charge is -2.25. The number of hydrogen-bond donors (Lipinski definition) is 1. The smallest absolute Gasteiger partial charge is 0.325 e. The number of amides is 4. The second kappa shape index (κ2) is 8.88. The van der Waals surface area contributed by atoms with Crippen LogP contribution in [0.2, 0.25) is 0 Å². The predicted molar refractivity (Wildman–Crippen MR) is 114 cm³/mol. The molecule has 32 heavy (non-hydrogen) atoms. The van der Waals surface area contributed by atoms with Crippen molar-refractivity contribution in [2.45, 2.75) is 19.0 Å². The van der Waals surface area contributed by atoms with Crippen molar-refractivity contribution in [3.8, 4) is 11.5 Å². The van der Waals surface area contributed by atoms with Crippen molar-refractivity contribution in [2.24, 2.45) is 0 Å². The first-order valence-electron chi connectivity index (χ1n) is 10.3. The van der Waals surface area contributed by atoms with Gasteiger partial charge in [0.15, 0.2) is 11.5 Å². The molecular weight excluding hydrogens is 414 g/mol. The molecule has 1 N–H and O–H groups in total. The Kier molecular flexibility index (Phi) is 6.00. The number of urea groups is 1. The minimum Gasteiger partial charge on any atom is -0.454 e. The summed E-state index contributed by atoms with van der Waals surface area (Å²) in [6.45, 7) is 2.39. The van der Waals surface area contributed by atoms with E-state index in [2.05, 4.69) is 5.32 Å². The second-order valence-electron chi connectivity index (χ2n) is 7.81. The molecule has 0 spiro atoms. The largest absolute Gasteiger partial charge is 0.454 e. The van der Waals surface area contributed by atoms with Gasteiger partial charge in [-0.05, 0) is 30.2 Å². The molecule has 168 valence electrons. The molecule has 0 aromatic heterocycles. The molecule has 2 aromatic carbocycles. The number of carbonyl (C=O) groups excluding carboxylic acids is 3. The van der Waals surface area contributed by atoms with Gasteiger partial charge in [0.1, 0.15) is 12.1 Å². The van der Waals surface area contributed by atoms with Crippen LogP contribution in [0.3, 0.4) is 0 Å². The van der Waals surface area contributed by atoms with Gasteiger partial charge in [0.25, 0.3) is 5.91 Å². The average molecular weight is 439 g/mol. The van der Waals surface area contributed by atoms with Crippen molar-refractivity contribution < 1.29 is 28.6 Å². The number of nitrogens with zero attached hydrogens (tertiary/aromatic N) is 2. The highest BCUT2D eigenvalue weighted by atomic mass is 16.7. The summed E-state index contributed by atoms with van der Waals surface area (Å²) in [5.41, 5.74) is 0.185. The van der Waals surface area contributed by atoms with E-state index in [1.807, 2.05) is 30.3 Å². The number of benzene rings is 2. The van der Waals surface area contributed by atoms with Gasteiger partial charge in [0, 0.05) is 20.2 Å². The van der Waals surface area contributed by atoms with E-state index in [1.165, 1.54) is 0 Å². The molecule has 4 rings (SSSR count). The highest BCUT2D eigenvalue weighted by Gasteiger charge is 2.50. The quantitative estimate of drug-likeness (QED) is 0.631. The fraction of sp³-hybridized carbons (Fsp3) is 0.348. The Bertz CT molecular complexity index is 1030. The summed E-state index contributed by atoms with van der Waals surface area (Å²) < 4.78 is 15.8. The lowest BCUT2D eigenvalue weighted by molar-refractivity contribution is -0.139. The first-order valence-corrected chi connectivity index (χ1v) is 10.3. The molecule has 0 saturated carbocycles. The predicted octanol–water partition coefficient (Wildman–Crippen LogP) is 1.86. The molecule has 0 aliphatic carbocycles. The zero-order chi connectivity index (χ0) is 22.7. The van der Waals surface area contributed by atoms with Crippen molar-refractivity contribution in [1.29, 1.82) is 0 Å². The molecule has 9 nitrogen and oxygen atoms in total. The van der Waals surface area contributed by atoms with Crippen LogP contribution in [0.5, 0.6) is 11.5 Å². The summed E-state index contributed by atoms with van der Waals surface area (Å²) in [5, 5.41) is 2.72. The third-order valence-corrected chi connectivity index (χ3v) is 5.65. The topological polar surface area (TPSA) is 97.4 Å². The summed E-state index contributed by atoms with van der Waals surface area (Å²) in [6, 6.07) is 14.0. The summed E-state index contributed by atoms with van der Waals surface area (Å²) in [7, 11) is 1.55. The molecule has 9 heteroatoms. The maximum Gasteiger partial charge on any atom is 0.325 e. The standard InChI is InChI=1S/C23H25N3O6/c1-23(17-8-9-18-19(12-17)32-15-31-18)21(28)26(22(29)24-23)14-20(27)25(10-11-30-2)13-16-6-4-3-5-7-16/h3-9,12H,10-11,13-15H2,1-2H3,(H,24,29). The molecule has 1 saturated heterocycles. The van der Waals surface area contributed by atoms with Crippen molar-refractivity contribution in [3.63, 3.8) is 0 Å². The molecule has 0 radical (unpaired) electrons. The van der Waals surface area contributed by atoms with Crippen molar-refractivity contribution in [3.05, 3.63) is 59.7 Å². The third-order valence-electron chi connectivity index (χ3n) is 5.65. The van der Waals surface area contributed by atoms with Crippen LogP contribution in [0.15, 0.2) is 48.5 Å². The van der Waals surface area contributed by atoms with E-state index in [-0.39, 0.29) is 19.2 Å². The summed E-state index contributed by atoms with van der Waals surface area (Å²) in [6.07, 6.45) is 0. The van der Waals surface area contributed by atoms with E-state index in [4.69, 9.17) is 14.2 Å². The Morgan fingerprint density at radius 1 is 1.16 bits per heavy atom. The Hall–Kier alpha value is -3.59. The fourth-order valence-electron chi connectivity index (χ4n) is 3.78. The molecule has 1 atom stereocenters. The highest BCUT2D eigenvalue weighted by Crippen LogP contribution is 2.37. The molecule has 2 heterocycles. The van der Waals surface area contributed by atoms with Crippen molar-refractivity contribution in [2.75, 3.05) is 33.6 Å². The minimum absolute atomic E-state index is 0.106. The van der Waals surface area contributed by atoms with Gasteiger partial charge in [0.2, 0.25) is 12.7 Å². The number of hydrogen-bond acceptors (Lipinski definition) is 6. The normalized spacial score (nSPS) is 19.2. The Labute approximate surface area is 185 Å². The summed E-state index contributed by atoms with van der Waals surface area (Å²) in [5.74, 6) is 0.246. The van der Waals surface area contributed by atoms with Crippen LogP contribution in [-0.4, -0.2) is 61.2 Å². The number of fused-ring (bicyclic) bond motifs is 1. The number of carbonyl (C=O) groups is 3. The van der Waals surface area contributed by atoms with Crippen LogP contribution in [0, 0.1) is 0 Å². The Morgan fingerprint density at radius 3 is 2.66 bits per heavy atom. The van der Waals surface area contributed by atoms with Crippen molar-refractivity contribution in [1.82, 2.24) is 15.1 Å².